The fourth-order valence-corrected chi connectivity index (χ4v) is 2.31. The highest BCUT2D eigenvalue weighted by Crippen LogP contribution is 2.32. The third kappa shape index (κ3) is 3.57. The Balaban J connectivity index is 2.44. The minimum absolute atomic E-state index is 0.158. The van der Waals surface area contributed by atoms with Gasteiger partial charge in [0.2, 0.25) is 0 Å². The van der Waals surface area contributed by atoms with Gasteiger partial charge in [-0.25, -0.2) is 0 Å². The van der Waals surface area contributed by atoms with E-state index < -0.39 is 16.0 Å². The number of anilines is 1. The summed E-state index contributed by atoms with van der Waals surface area (Å²) in [6.07, 6.45) is 0.685. The number of H-pyrrole nitrogens is 2. The van der Waals surface area contributed by atoms with Crippen molar-refractivity contribution >= 4 is 22.4 Å². The van der Waals surface area contributed by atoms with Gasteiger partial charge in [-0.1, -0.05) is 0 Å². The first-order chi connectivity index (χ1) is 11.0. The highest BCUT2D eigenvalue weighted by atomic mass is 16.6. The lowest BCUT2D eigenvalue weighted by Crippen LogP contribution is -2.29. The van der Waals surface area contributed by atoms with Crippen molar-refractivity contribution in [1.29, 1.82) is 0 Å². The van der Waals surface area contributed by atoms with E-state index in [2.05, 4.69) is 15.3 Å². The Morgan fingerprint density at radius 2 is 2.00 bits per heavy atom. The Morgan fingerprint density at radius 1 is 1.30 bits per heavy atom. The largest absolute Gasteiger partial charge is 0.382 e. The van der Waals surface area contributed by atoms with Gasteiger partial charge in [-0.2, -0.15) is 0 Å². The predicted octanol–water partition coefficient (Wildman–Crippen LogP) is 1.27. The van der Waals surface area contributed by atoms with E-state index in [1.807, 2.05) is 6.92 Å². The molecule has 3 N–H and O–H groups in total. The van der Waals surface area contributed by atoms with Crippen molar-refractivity contribution in [1.82, 2.24) is 9.97 Å². The molecule has 0 radical (unpaired) electrons. The number of rotatable bonds is 7. The molecule has 0 fully saturated rings. The first-order valence-corrected chi connectivity index (χ1v) is 7.21. The summed E-state index contributed by atoms with van der Waals surface area (Å²) in [5.74, 6) is 0. The standard InChI is InChI=1S/C14H18N4O5/c1-3-23-6-4-5-15-12-8(2)11-9(7-10(12)18(21)22)16-13(19)14(20)17-11/h7,15H,3-6H2,1-2H3,(H,16,19)(H,17,20). The molecular weight excluding hydrogens is 304 g/mol. The maximum absolute atomic E-state index is 11.5. The summed E-state index contributed by atoms with van der Waals surface area (Å²) >= 11 is 0. The quantitative estimate of drug-likeness (QED) is 0.304. The van der Waals surface area contributed by atoms with Gasteiger partial charge in [-0.15, -0.1) is 0 Å². The van der Waals surface area contributed by atoms with Crippen molar-refractivity contribution in [2.45, 2.75) is 20.3 Å². The van der Waals surface area contributed by atoms with Crippen LogP contribution in [0.25, 0.3) is 11.0 Å². The fraction of sp³-hybridized carbons (Fsp3) is 0.429. The van der Waals surface area contributed by atoms with E-state index in [1.165, 1.54) is 6.07 Å². The molecule has 9 heteroatoms. The molecule has 0 saturated carbocycles. The van der Waals surface area contributed by atoms with Crippen LogP contribution in [-0.4, -0.2) is 34.6 Å². The summed E-state index contributed by atoms with van der Waals surface area (Å²) in [7, 11) is 0. The van der Waals surface area contributed by atoms with Crippen LogP contribution in [0.2, 0.25) is 0 Å². The minimum atomic E-state index is -0.844. The number of aromatic amines is 2. The number of hydrogen-bond acceptors (Lipinski definition) is 6. The van der Waals surface area contributed by atoms with Crippen LogP contribution < -0.4 is 16.4 Å². The maximum atomic E-state index is 11.5. The van der Waals surface area contributed by atoms with Crippen LogP contribution in [0.15, 0.2) is 15.7 Å². The van der Waals surface area contributed by atoms with Gasteiger partial charge in [0.15, 0.2) is 0 Å². The summed E-state index contributed by atoms with van der Waals surface area (Å²) in [6, 6.07) is 1.24. The van der Waals surface area contributed by atoms with E-state index in [0.29, 0.717) is 42.9 Å². The van der Waals surface area contributed by atoms with Gasteiger partial charge in [-0.05, 0) is 20.3 Å². The van der Waals surface area contributed by atoms with Crippen molar-refractivity contribution in [2.75, 3.05) is 25.1 Å². The van der Waals surface area contributed by atoms with Crippen LogP contribution in [0.1, 0.15) is 18.9 Å². The molecule has 23 heavy (non-hydrogen) atoms. The van der Waals surface area contributed by atoms with Gasteiger partial charge in [0.05, 0.1) is 16.0 Å². The Bertz CT molecular complexity index is 839. The average molecular weight is 322 g/mol. The zero-order valence-corrected chi connectivity index (χ0v) is 12.9. The highest BCUT2D eigenvalue weighted by molar-refractivity contribution is 5.88. The van der Waals surface area contributed by atoms with Crippen molar-refractivity contribution in [3.8, 4) is 0 Å². The molecule has 2 rings (SSSR count). The van der Waals surface area contributed by atoms with Crippen molar-refractivity contribution in [3.05, 3.63) is 42.5 Å². The van der Waals surface area contributed by atoms with Crippen molar-refractivity contribution < 1.29 is 9.66 Å². The van der Waals surface area contributed by atoms with Crippen LogP contribution in [0.3, 0.4) is 0 Å². The van der Waals surface area contributed by atoms with Crippen molar-refractivity contribution in [3.63, 3.8) is 0 Å². The number of nitrogens with one attached hydrogen (secondary N) is 3. The van der Waals surface area contributed by atoms with Gasteiger partial charge >= 0.3 is 11.1 Å². The average Bonchev–Trinajstić information content (AvgIpc) is 2.50. The highest BCUT2D eigenvalue weighted by Gasteiger charge is 2.20. The number of aromatic nitrogens is 2. The molecule has 1 aromatic carbocycles. The molecule has 0 unspecified atom stereocenters. The number of nitro benzene ring substituents is 1. The molecule has 0 atom stereocenters. The lowest BCUT2D eigenvalue weighted by molar-refractivity contribution is -0.383. The Morgan fingerprint density at radius 3 is 2.65 bits per heavy atom. The van der Waals surface area contributed by atoms with Gasteiger partial charge in [-0.3, -0.25) is 19.7 Å². The molecule has 9 nitrogen and oxygen atoms in total. The van der Waals surface area contributed by atoms with Gasteiger partial charge in [0, 0.05) is 31.4 Å². The number of fused-ring (bicyclic) bond motifs is 1. The molecule has 0 amide bonds. The van der Waals surface area contributed by atoms with Gasteiger partial charge in [0.1, 0.15) is 5.69 Å². The molecule has 0 spiro atoms. The second kappa shape index (κ2) is 7.05. The van der Waals surface area contributed by atoms with Crippen LogP contribution in [-0.2, 0) is 4.74 Å². The van der Waals surface area contributed by atoms with Crippen LogP contribution in [0, 0.1) is 17.0 Å². The van der Waals surface area contributed by atoms with Crippen molar-refractivity contribution in [2.24, 2.45) is 0 Å². The number of ether oxygens (including phenoxy) is 1. The second-order valence-corrected chi connectivity index (χ2v) is 4.96. The van der Waals surface area contributed by atoms with E-state index >= 15 is 0 Å². The van der Waals surface area contributed by atoms with E-state index in [1.54, 1.807) is 6.92 Å². The maximum Gasteiger partial charge on any atom is 0.314 e. The molecule has 0 aliphatic heterocycles. The topological polar surface area (TPSA) is 130 Å². The summed E-state index contributed by atoms with van der Waals surface area (Å²) in [5, 5.41) is 14.3. The summed E-state index contributed by atoms with van der Waals surface area (Å²) in [5.41, 5.74) is -0.388. The van der Waals surface area contributed by atoms with E-state index in [4.69, 9.17) is 4.74 Å². The van der Waals surface area contributed by atoms with E-state index in [9.17, 15) is 19.7 Å². The van der Waals surface area contributed by atoms with Crippen LogP contribution >= 0.6 is 0 Å². The van der Waals surface area contributed by atoms with E-state index in [0.717, 1.165) is 0 Å². The predicted molar refractivity (Wildman–Crippen MR) is 86.2 cm³/mol. The van der Waals surface area contributed by atoms with Crippen LogP contribution in [0.5, 0.6) is 0 Å². The SMILES string of the molecule is CCOCCCNc1c([N+](=O)[O-])cc2[nH]c(=O)c(=O)[nH]c2c1C. The molecule has 0 bridgehead atoms. The smallest absolute Gasteiger partial charge is 0.314 e. The molecule has 0 aliphatic rings. The minimum Gasteiger partial charge on any atom is -0.382 e. The third-order valence-electron chi connectivity index (χ3n) is 3.42. The zero-order valence-electron chi connectivity index (χ0n) is 12.9. The monoisotopic (exact) mass is 322 g/mol. The van der Waals surface area contributed by atoms with E-state index in [-0.39, 0.29) is 11.2 Å². The molecule has 1 aromatic heterocycles. The number of aryl methyl sites for hydroxylation is 1. The third-order valence-corrected chi connectivity index (χ3v) is 3.42. The van der Waals surface area contributed by atoms with Gasteiger partial charge < -0.3 is 20.0 Å². The Kier molecular flexibility index (Phi) is 5.12. The molecule has 0 aliphatic carbocycles. The molecule has 124 valence electrons. The number of hydrogen-bond donors (Lipinski definition) is 3. The molecule has 1 heterocycles. The Labute approximate surface area is 130 Å². The number of benzene rings is 1. The summed E-state index contributed by atoms with van der Waals surface area (Å²) in [4.78, 5) is 38.4. The lowest BCUT2D eigenvalue weighted by atomic mass is 10.1. The molecule has 2 aromatic rings. The summed E-state index contributed by atoms with van der Waals surface area (Å²) < 4.78 is 5.22. The fourth-order valence-electron chi connectivity index (χ4n) is 2.31. The Hall–Kier alpha value is -2.68. The zero-order chi connectivity index (χ0) is 17.0. The first-order valence-electron chi connectivity index (χ1n) is 7.21. The lowest BCUT2D eigenvalue weighted by Gasteiger charge is -2.12. The summed E-state index contributed by atoms with van der Waals surface area (Å²) in [6.45, 7) is 5.19. The molecular formula is C14H18N4O5. The second-order valence-electron chi connectivity index (χ2n) is 4.96. The number of nitro groups is 1. The van der Waals surface area contributed by atoms with Gasteiger partial charge in [0.25, 0.3) is 5.69 Å². The normalized spacial score (nSPS) is 10.9. The van der Waals surface area contributed by atoms with Crippen LogP contribution in [0.4, 0.5) is 11.4 Å². The number of nitrogens with zero attached hydrogens (tertiary/aromatic N) is 1. The molecule has 0 saturated heterocycles. The first kappa shape index (κ1) is 16.7.